The van der Waals surface area contributed by atoms with Crippen LogP contribution in [0, 0.1) is 11.8 Å². The number of benzene rings is 2. The standard InChI is InChI=1S/C27H30F2N4O2/c1-5-32(6-2)14-8-9-18-12-13-20-21(15-18)33-22(16-23(31(3)4)26(33)30-20)25-19(17-34)10-7-11-24(25)35-27(28)29/h7,10-13,15,17,22-23,27H,5-6,14,16H2,1-4H3/t22-,23?/m1/s1. The van der Waals surface area contributed by atoms with E-state index in [2.05, 4.69) is 40.1 Å². The monoisotopic (exact) mass is 480 g/mol. The second kappa shape index (κ2) is 10.5. The molecule has 2 aromatic carbocycles. The molecular formula is C27H30F2N4O2. The highest BCUT2D eigenvalue weighted by molar-refractivity contribution is 5.82. The molecule has 0 bridgehead atoms. The third kappa shape index (κ3) is 4.93. The Kier molecular flexibility index (Phi) is 7.48. The van der Waals surface area contributed by atoms with Crippen molar-refractivity contribution in [1.82, 2.24) is 19.4 Å². The highest BCUT2D eigenvalue weighted by Crippen LogP contribution is 2.46. The number of hydrogen-bond acceptors (Lipinski definition) is 5. The van der Waals surface area contributed by atoms with Crippen molar-refractivity contribution >= 4 is 17.3 Å². The lowest BCUT2D eigenvalue weighted by atomic mass is 9.96. The summed E-state index contributed by atoms with van der Waals surface area (Å²) in [5, 5.41) is 0. The number of imidazole rings is 1. The average Bonchev–Trinajstić information content (AvgIpc) is 3.38. The van der Waals surface area contributed by atoms with Crippen molar-refractivity contribution in [2.45, 2.75) is 39.0 Å². The van der Waals surface area contributed by atoms with E-state index in [1.165, 1.54) is 6.07 Å². The number of alkyl halides is 2. The van der Waals surface area contributed by atoms with Gasteiger partial charge in [-0.3, -0.25) is 14.6 Å². The highest BCUT2D eigenvalue weighted by atomic mass is 19.3. The van der Waals surface area contributed by atoms with Gasteiger partial charge in [-0.05, 0) is 57.9 Å². The molecule has 0 amide bonds. The molecular weight excluding hydrogens is 450 g/mol. The van der Waals surface area contributed by atoms with Gasteiger partial charge in [-0.1, -0.05) is 37.8 Å². The number of ether oxygens (including phenoxy) is 1. The number of carbonyl (C=O) groups excluding carboxylic acids is 1. The molecule has 35 heavy (non-hydrogen) atoms. The molecule has 6 nitrogen and oxygen atoms in total. The normalized spacial score (nSPS) is 17.2. The topological polar surface area (TPSA) is 50.6 Å². The SMILES string of the molecule is CCN(CC)CC#Cc1ccc2nc3n(c2c1)[C@@H](c1c(C=O)cccc1OC(F)F)CC3N(C)C. The summed E-state index contributed by atoms with van der Waals surface area (Å²) in [5.74, 6) is 7.31. The van der Waals surface area contributed by atoms with Crippen LogP contribution in [0.2, 0.25) is 0 Å². The third-order valence-corrected chi connectivity index (χ3v) is 6.60. The van der Waals surface area contributed by atoms with Gasteiger partial charge >= 0.3 is 6.61 Å². The van der Waals surface area contributed by atoms with Crippen LogP contribution in [0.3, 0.4) is 0 Å². The van der Waals surface area contributed by atoms with E-state index >= 15 is 0 Å². The van der Waals surface area contributed by atoms with Gasteiger partial charge in [-0.15, -0.1) is 0 Å². The lowest BCUT2D eigenvalue weighted by Gasteiger charge is -2.22. The molecule has 1 unspecified atom stereocenters. The second-order valence-electron chi connectivity index (χ2n) is 8.79. The summed E-state index contributed by atoms with van der Waals surface area (Å²) >= 11 is 0. The van der Waals surface area contributed by atoms with E-state index in [1.807, 2.05) is 32.3 Å². The van der Waals surface area contributed by atoms with Gasteiger partial charge in [0.2, 0.25) is 0 Å². The maximum Gasteiger partial charge on any atom is 0.387 e. The zero-order valence-corrected chi connectivity index (χ0v) is 20.5. The lowest BCUT2D eigenvalue weighted by molar-refractivity contribution is -0.0507. The van der Waals surface area contributed by atoms with Crippen molar-refractivity contribution in [3.63, 3.8) is 0 Å². The Morgan fingerprint density at radius 3 is 2.66 bits per heavy atom. The van der Waals surface area contributed by atoms with E-state index in [4.69, 9.17) is 9.72 Å². The third-order valence-electron chi connectivity index (χ3n) is 6.60. The van der Waals surface area contributed by atoms with E-state index < -0.39 is 12.7 Å². The zero-order valence-electron chi connectivity index (χ0n) is 20.5. The predicted molar refractivity (Wildman–Crippen MR) is 132 cm³/mol. The van der Waals surface area contributed by atoms with Crippen molar-refractivity contribution < 1.29 is 18.3 Å². The van der Waals surface area contributed by atoms with Crippen molar-refractivity contribution in [3.05, 3.63) is 58.9 Å². The van der Waals surface area contributed by atoms with Crippen LogP contribution in [-0.4, -0.2) is 66.0 Å². The molecule has 2 atom stereocenters. The Bertz CT molecular complexity index is 1270. The van der Waals surface area contributed by atoms with Gasteiger partial charge in [0.1, 0.15) is 11.6 Å². The molecule has 0 N–H and O–H groups in total. The first-order valence-corrected chi connectivity index (χ1v) is 11.8. The van der Waals surface area contributed by atoms with Crippen LogP contribution >= 0.6 is 0 Å². The molecule has 3 aromatic rings. The first-order valence-electron chi connectivity index (χ1n) is 11.8. The molecule has 4 rings (SSSR count). The first-order chi connectivity index (χ1) is 16.9. The van der Waals surface area contributed by atoms with Gasteiger partial charge in [-0.2, -0.15) is 8.78 Å². The van der Waals surface area contributed by atoms with Gasteiger partial charge in [-0.25, -0.2) is 4.98 Å². The van der Waals surface area contributed by atoms with E-state index in [9.17, 15) is 13.6 Å². The molecule has 0 fully saturated rings. The predicted octanol–water partition coefficient (Wildman–Crippen LogP) is 4.74. The Hall–Kier alpha value is -3.28. The van der Waals surface area contributed by atoms with Crippen LogP contribution in [0.15, 0.2) is 36.4 Å². The number of aromatic nitrogens is 2. The molecule has 184 valence electrons. The molecule has 2 heterocycles. The summed E-state index contributed by atoms with van der Waals surface area (Å²) in [6, 6.07) is 10.1. The minimum absolute atomic E-state index is 0.0111. The van der Waals surface area contributed by atoms with Crippen LogP contribution in [0.25, 0.3) is 11.0 Å². The number of rotatable bonds is 8. The number of aldehydes is 1. The van der Waals surface area contributed by atoms with Crippen molar-refractivity contribution in [2.75, 3.05) is 33.7 Å². The van der Waals surface area contributed by atoms with Gasteiger partial charge in [0.25, 0.3) is 0 Å². The molecule has 0 saturated heterocycles. The molecule has 8 heteroatoms. The van der Waals surface area contributed by atoms with Gasteiger partial charge in [0.15, 0.2) is 6.29 Å². The van der Waals surface area contributed by atoms with E-state index in [-0.39, 0.29) is 11.8 Å². The Balaban J connectivity index is 1.85. The molecule has 1 aliphatic rings. The molecule has 0 radical (unpaired) electrons. The summed E-state index contributed by atoms with van der Waals surface area (Å²) in [6.45, 7) is 3.78. The smallest absolute Gasteiger partial charge is 0.387 e. The zero-order chi connectivity index (χ0) is 25.1. The van der Waals surface area contributed by atoms with E-state index in [0.29, 0.717) is 30.4 Å². The number of carbonyl (C=O) groups is 1. The van der Waals surface area contributed by atoms with Crippen LogP contribution in [0.5, 0.6) is 5.75 Å². The maximum absolute atomic E-state index is 13.2. The Morgan fingerprint density at radius 1 is 1.23 bits per heavy atom. The second-order valence-corrected chi connectivity index (χ2v) is 8.79. The Labute approximate surface area is 204 Å². The van der Waals surface area contributed by atoms with Crippen molar-refractivity contribution in [2.24, 2.45) is 0 Å². The summed E-state index contributed by atoms with van der Waals surface area (Å²) in [6.07, 6.45) is 1.27. The number of hydrogen-bond donors (Lipinski definition) is 0. The van der Waals surface area contributed by atoms with Crippen LogP contribution in [0.1, 0.15) is 59.7 Å². The van der Waals surface area contributed by atoms with Crippen molar-refractivity contribution in [1.29, 1.82) is 0 Å². The fourth-order valence-electron chi connectivity index (χ4n) is 4.78. The molecule has 0 aliphatic carbocycles. The molecule has 1 aromatic heterocycles. The summed E-state index contributed by atoms with van der Waals surface area (Å²) in [7, 11) is 3.92. The minimum atomic E-state index is -2.99. The molecule has 0 saturated carbocycles. The largest absolute Gasteiger partial charge is 0.434 e. The van der Waals surface area contributed by atoms with E-state index in [0.717, 1.165) is 35.5 Å². The fraction of sp³-hybridized carbons (Fsp3) is 0.407. The van der Waals surface area contributed by atoms with E-state index in [1.54, 1.807) is 12.1 Å². The van der Waals surface area contributed by atoms with Crippen molar-refractivity contribution in [3.8, 4) is 17.6 Å². The van der Waals surface area contributed by atoms with Gasteiger partial charge in [0, 0.05) is 16.7 Å². The number of halogens is 2. The Morgan fingerprint density at radius 2 is 2.00 bits per heavy atom. The summed E-state index contributed by atoms with van der Waals surface area (Å²) < 4.78 is 33.4. The number of fused-ring (bicyclic) bond motifs is 3. The van der Waals surface area contributed by atoms with Crippen LogP contribution < -0.4 is 4.74 Å². The van der Waals surface area contributed by atoms with Gasteiger partial charge in [0.05, 0.1) is 29.7 Å². The lowest BCUT2D eigenvalue weighted by Crippen LogP contribution is -2.22. The van der Waals surface area contributed by atoms with Gasteiger partial charge < -0.3 is 9.30 Å². The number of nitrogens with zero attached hydrogens (tertiary/aromatic N) is 4. The maximum atomic E-state index is 13.2. The average molecular weight is 481 g/mol. The summed E-state index contributed by atoms with van der Waals surface area (Å²) in [4.78, 5) is 21.1. The quantitative estimate of drug-likeness (QED) is 0.344. The molecule has 0 spiro atoms. The highest BCUT2D eigenvalue weighted by Gasteiger charge is 2.38. The fourth-order valence-corrected chi connectivity index (χ4v) is 4.78. The molecule has 1 aliphatic heterocycles. The minimum Gasteiger partial charge on any atom is -0.434 e. The first kappa shape index (κ1) is 24.8. The van der Waals surface area contributed by atoms with Crippen LogP contribution in [0.4, 0.5) is 8.78 Å². The van der Waals surface area contributed by atoms with Crippen LogP contribution in [-0.2, 0) is 0 Å². The summed E-state index contributed by atoms with van der Waals surface area (Å²) in [5.41, 5.74) is 3.28.